The van der Waals surface area contributed by atoms with Crippen LogP contribution in [0, 0.1) is 13.8 Å². The minimum absolute atomic E-state index is 0.0984. The minimum atomic E-state index is -0.130. The molecule has 0 amide bonds. The maximum Gasteiger partial charge on any atom is 0.283 e. The van der Waals surface area contributed by atoms with E-state index >= 15 is 0 Å². The van der Waals surface area contributed by atoms with E-state index in [1.807, 2.05) is 50.2 Å². The Morgan fingerprint density at radius 2 is 1.79 bits per heavy atom. The van der Waals surface area contributed by atoms with E-state index in [9.17, 15) is 4.79 Å². The number of ether oxygens (including phenoxy) is 1. The first kappa shape index (κ1) is 22.3. The van der Waals surface area contributed by atoms with Crippen molar-refractivity contribution in [1.82, 2.24) is 19.5 Å². The molecule has 1 atom stereocenters. The third-order valence-corrected chi connectivity index (χ3v) is 7.49. The van der Waals surface area contributed by atoms with Crippen LogP contribution in [0.2, 0.25) is 0 Å². The molecular weight excluding hydrogens is 446 g/mol. The van der Waals surface area contributed by atoms with Gasteiger partial charge in [-0.3, -0.25) is 4.79 Å². The highest BCUT2D eigenvalue weighted by Crippen LogP contribution is 2.30. The van der Waals surface area contributed by atoms with E-state index in [1.165, 1.54) is 4.52 Å². The number of hydrogen-bond donors (Lipinski definition) is 1. The maximum absolute atomic E-state index is 13.5. The van der Waals surface area contributed by atoms with Crippen LogP contribution in [0.3, 0.4) is 0 Å². The van der Waals surface area contributed by atoms with Crippen molar-refractivity contribution >= 4 is 43.8 Å². The van der Waals surface area contributed by atoms with E-state index in [1.54, 1.807) is 18.4 Å². The Bertz CT molecular complexity index is 1570. The molecule has 0 spiro atoms. The summed E-state index contributed by atoms with van der Waals surface area (Å²) in [6, 6.07) is 16.1. The van der Waals surface area contributed by atoms with Gasteiger partial charge in [-0.1, -0.05) is 36.4 Å². The monoisotopic (exact) mass is 473 g/mol. The number of aryl methyl sites for hydroxylation is 2. The van der Waals surface area contributed by atoms with Crippen LogP contribution in [-0.2, 0) is 0 Å². The normalized spacial score (nSPS) is 12.6. The second-order valence-electron chi connectivity index (χ2n) is 8.64. The molecule has 3 heterocycles. The minimum Gasteiger partial charge on any atom is -0.497 e. The molecule has 0 saturated heterocycles. The van der Waals surface area contributed by atoms with E-state index in [0.29, 0.717) is 23.4 Å². The van der Waals surface area contributed by atoms with E-state index in [-0.39, 0.29) is 11.6 Å². The van der Waals surface area contributed by atoms with Crippen molar-refractivity contribution in [2.24, 2.45) is 0 Å². The number of aromatic nitrogens is 3. The average molecular weight is 474 g/mol. The first-order valence-corrected chi connectivity index (χ1v) is 12.0. The number of nitrogens with one attached hydrogen (secondary N) is 1. The van der Waals surface area contributed by atoms with Gasteiger partial charge < -0.3 is 15.0 Å². The zero-order chi connectivity index (χ0) is 24.0. The smallest absolute Gasteiger partial charge is 0.283 e. The molecule has 34 heavy (non-hydrogen) atoms. The summed E-state index contributed by atoms with van der Waals surface area (Å²) in [5, 5.41) is 10.8. The molecule has 3 aromatic heterocycles. The third kappa shape index (κ3) is 3.69. The summed E-state index contributed by atoms with van der Waals surface area (Å²) in [4.78, 5) is 22.3. The molecule has 1 N–H and O–H groups in total. The third-order valence-electron chi connectivity index (χ3n) is 6.39. The van der Waals surface area contributed by atoms with Crippen molar-refractivity contribution in [3.8, 4) is 5.75 Å². The van der Waals surface area contributed by atoms with E-state index < -0.39 is 0 Å². The van der Waals surface area contributed by atoms with E-state index in [2.05, 4.69) is 36.4 Å². The van der Waals surface area contributed by atoms with Gasteiger partial charge in [-0.05, 0) is 51.2 Å². The van der Waals surface area contributed by atoms with Crippen LogP contribution in [-0.4, -0.2) is 47.2 Å². The first-order valence-electron chi connectivity index (χ1n) is 11.1. The van der Waals surface area contributed by atoms with E-state index in [4.69, 9.17) is 14.8 Å². The summed E-state index contributed by atoms with van der Waals surface area (Å²) >= 11 is 1.56. The lowest BCUT2D eigenvalue weighted by Crippen LogP contribution is -2.28. The van der Waals surface area contributed by atoms with Gasteiger partial charge >= 0.3 is 0 Å². The second kappa shape index (κ2) is 8.70. The lowest BCUT2D eigenvalue weighted by molar-refractivity contribution is 0.311. The molecule has 0 aliphatic carbocycles. The quantitative estimate of drug-likeness (QED) is 0.357. The van der Waals surface area contributed by atoms with Gasteiger partial charge in [-0.2, -0.15) is 4.52 Å². The largest absolute Gasteiger partial charge is 0.497 e. The van der Waals surface area contributed by atoms with Gasteiger partial charge in [0.25, 0.3) is 5.56 Å². The zero-order valence-corrected chi connectivity index (χ0v) is 20.7. The Kier molecular flexibility index (Phi) is 5.71. The summed E-state index contributed by atoms with van der Waals surface area (Å²) in [6.45, 7) is 4.61. The molecule has 2 aromatic carbocycles. The summed E-state index contributed by atoms with van der Waals surface area (Å²) in [6.07, 6.45) is 0. The van der Waals surface area contributed by atoms with Gasteiger partial charge in [0, 0.05) is 22.2 Å². The predicted octanol–water partition coefficient (Wildman–Crippen LogP) is 4.80. The Hall–Kier alpha value is -3.49. The topological polar surface area (TPSA) is 71.8 Å². The summed E-state index contributed by atoms with van der Waals surface area (Å²) < 4.78 is 6.75. The molecule has 0 saturated carbocycles. The highest BCUT2D eigenvalue weighted by molar-refractivity contribution is 7.18. The van der Waals surface area contributed by atoms with Gasteiger partial charge in [0.05, 0.1) is 18.5 Å². The number of likely N-dealkylation sites (N-methyl/N-ethyl adjacent to an activating group) is 1. The number of anilines is 1. The van der Waals surface area contributed by atoms with Gasteiger partial charge in [0.1, 0.15) is 10.6 Å². The van der Waals surface area contributed by atoms with E-state index in [0.717, 1.165) is 37.4 Å². The lowest BCUT2D eigenvalue weighted by Gasteiger charge is -2.26. The Labute approximate surface area is 201 Å². The van der Waals surface area contributed by atoms with Crippen molar-refractivity contribution in [3.05, 3.63) is 74.9 Å². The van der Waals surface area contributed by atoms with Crippen LogP contribution in [0.1, 0.15) is 22.0 Å². The molecular formula is C26H27N5O2S. The molecule has 8 heteroatoms. The molecule has 0 fully saturated rings. The number of methoxy groups -OCH3 is 1. The number of nitrogens with zero attached hydrogens (tertiary/aromatic N) is 4. The second-order valence-corrected chi connectivity index (χ2v) is 9.85. The summed E-state index contributed by atoms with van der Waals surface area (Å²) in [5.41, 5.74) is 2.59. The van der Waals surface area contributed by atoms with Crippen molar-refractivity contribution in [2.75, 3.05) is 33.1 Å². The molecule has 0 aliphatic rings. The fourth-order valence-corrected chi connectivity index (χ4v) is 5.36. The zero-order valence-electron chi connectivity index (χ0n) is 19.9. The van der Waals surface area contributed by atoms with Crippen LogP contribution in [0.5, 0.6) is 5.75 Å². The van der Waals surface area contributed by atoms with Gasteiger partial charge in [0.2, 0.25) is 0 Å². The van der Waals surface area contributed by atoms with Crippen molar-refractivity contribution in [2.45, 2.75) is 19.9 Å². The Morgan fingerprint density at radius 3 is 2.47 bits per heavy atom. The maximum atomic E-state index is 13.5. The number of hydrogen-bond acceptors (Lipinski definition) is 7. The lowest BCUT2D eigenvalue weighted by atomic mass is 10.1. The molecule has 0 bridgehead atoms. The summed E-state index contributed by atoms with van der Waals surface area (Å²) in [7, 11) is 5.77. The number of fused-ring (bicyclic) bond motifs is 4. The van der Waals surface area contributed by atoms with Gasteiger partial charge in [0.15, 0.2) is 11.5 Å². The molecule has 0 radical (unpaired) electrons. The number of rotatable bonds is 6. The molecule has 174 valence electrons. The van der Waals surface area contributed by atoms with Gasteiger partial charge in [-0.15, -0.1) is 16.4 Å². The van der Waals surface area contributed by atoms with Gasteiger partial charge in [-0.25, -0.2) is 4.98 Å². The molecule has 7 nitrogen and oxygen atoms in total. The van der Waals surface area contributed by atoms with Crippen molar-refractivity contribution < 1.29 is 4.74 Å². The van der Waals surface area contributed by atoms with Crippen molar-refractivity contribution in [1.29, 1.82) is 0 Å². The highest BCUT2D eigenvalue weighted by atomic mass is 32.1. The van der Waals surface area contributed by atoms with Crippen LogP contribution in [0.4, 0.5) is 5.82 Å². The Morgan fingerprint density at radius 1 is 1.09 bits per heavy atom. The number of thiophene rings is 1. The fraction of sp³-hybridized carbons (Fsp3) is 0.269. The summed E-state index contributed by atoms with van der Waals surface area (Å²) in [5.74, 6) is 1.49. The van der Waals surface area contributed by atoms with Crippen LogP contribution in [0.15, 0.2) is 53.3 Å². The van der Waals surface area contributed by atoms with Crippen LogP contribution >= 0.6 is 11.3 Å². The number of benzene rings is 2. The molecule has 5 aromatic rings. The predicted molar refractivity (Wildman–Crippen MR) is 140 cm³/mol. The highest BCUT2D eigenvalue weighted by Gasteiger charge is 2.19. The molecule has 5 rings (SSSR count). The van der Waals surface area contributed by atoms with Crippen LogP contribution in [0.25, 0.3) is 26.6 Å². The fourth-order valence-electron chi connectivity index (χ4n) is 4.34. The Balaban J connectivity index is 1.62. The molecule has 0 unspecified atom stereocenters. The average Bonchev–Trinajstić information content (AvgIpc) is 3.13. The first-order chi connectivity index (χ1) is 16.4. The SMILES string of the molecule is COc1ccc([C@H](CNc2nn3c(=O)c4c(C)c(C)sc4nc3c3ccccc23)N(C)C)cc1. The molecule has 0 aliphatic heterocycles. The van der Waals surface area contributed by atoms with Crippen LogP contribution < -0.4 is 15.6 Å². The van der Waals surface area contributed by atoms with Crippen molar-refractivity contribution in [3.63, 3.8) is 0 Å². The standard InChI is InChI=1S/C26H27N5O2S/c1-15-16(2)34-25-22(15)26(32)31-24(28-25)20-9-7-6-8-19(20)23(29-31)27-14-21(30(3)4)17-10-12-18(33-5)13-11-17/h6-13,21H,14H2,1-5H3,(H,27,29)/t21-/m0/s1.